The third kappa shape index (κ3) is 7.54. The van der Waals surface area contributed by atoms with Crippen LogP contribution >= 0.6 is 0 Å². The van der Waals surface area contributed by atoms with E-state index in [1.807, 2.05) is 13.8 Å². The van der Waals surface area contributed by atoms with E-state index in [-0.39, 0.29) is 24.8 Å². The first-order chi connectivity index (χ1) is 7.40. The zero-order chi connectivity index (χ0) is 12.6. The number of hydrogen-bond donors (Lipinski definition) is 1. The lowest BCUT2D eigenvalue weighted by Crippen LogP contribution is -2.31. The Kier molecular flexibility index (Phi) is 7.17. The summed E-state index contributed by atoms with van der Waals surface area (Å²) in [5.41, 5.74) is 0. The molecule has 1 N–H and O–H groups in total. The van der Waals surface area contributed by atoms with Gasteiger partial charge in [0.2, 0.25) is 5.91 Å². The van der Waals surface area contributed by atoms with Crippen LogP contribution in [0.4, 0.5) is 13.2 Å². The van der Waals surface area contributed by atoms with Crippen molar-refractivity contribution in [3.63, 3.8) is 0 Å². The predicted molar refractivity (Wildman–Crippen MR) is 57.0 cm³/mol. The Morgan fingerprint density at radius 1 is 1.31 bits per heavy atom. The highest BCUT2D eigenvalue weighted by Gasteiger charge is 2.26. The largest absolute Gasteiger partial charge is 0.389 e. The lowest BCUT2D eigenvalue weighted by Gasteiger charge is -2.14. The smallest absolute Gasteiger partial charge is 0.356 e. The molecule has 0 radical (unpaired) electrons. The van der Waals surface area contributed by atoms with Crippen LogP contribution in [0.1, 0.15) is 46.0 Å². The average molecular weight is 239 g/mol. The van der Waals surface area contributed by atoms with Crippen molar-refractivity contribution in [2.75, 3.05) is 6.54 Å². The average Bonchev–Trinajstić information content (AvgIpc) is 2.19. The summed E-state index contributed by atoms with van der Waals surface area (Å²) in [7, 11) is 0. The summed E-state index contributed by atoms with van der Waals surface area (Å²) in [5, 5.41) is 2.55. The van der Waals surface area contributed by atoms with Gasteiger partial charge in [0.25, 0.3) is 0 Å². The molecule has 0 bridgehead atoms. The second-order valence-corrected chi connectivity index (χ2v) is 3.90. The highest BCUT2D eigenvalue weighted by atomic mass is 19.4. The fourth-order valence-electron chi connectivity index (χ4n) is 1.51. The summed E-state index contributed by atoms with van der Waals surface area (Å²) in [4.78, 5) is 11.5. The van der Waals surface area contributed by atoms with Crippen LogP contribution in [0.3, 0.4) is 0 Å². The molecule has 2 nitrogen and oxygen atoms in total. The number of carbonyl (C=O) groups is 1. The minimum Gasteiger partial charge on any atom is -0.356 e. The van der Waals surface area contributed by atoms with Gasteiger partial charge in [-0.1, -0.05) is 20.3 Å². The van der Waals surface area contributed by atoms with Crippen LogP contribution in [0, 0.1) is 5.92 Å². The third-order valence-electron chi connectivity index (χ3n) is 2.44. The van der Waals surface area contributed by atoms with Crippen LogP contribution in [0.25, 0.3) is 0 Å². The molecule has 0 saturated heterocycles. The number of halogens is 3. The van der Waals surface area contributed by atoms with Crippen molar-refractivity contribution in [3.8, 4) is 0 Å². The summed E-state index contributed by atoms with van der Waals surface area (Å²) in [6.45, 7) is 4.01. The molecule has 0 fully saturated rings. The molecular formula is C11H20F3NO. The van der Waals surface area contributed by atoms with Crippen LogP contribution in [-0.4, -0.2) is 18.6 Å². The van der Waals surface area contributed by atoms with E-state index in [1.54, 1.807) is 0 Å². The number of alkyl halides is 3. The summed E-state index contributed by atoms with van der Waals surface area (Å²) in [5.74, 6) is -0.178. The zero-order valence-electron chi connectivity index (χ0n) is 9.86. The van der Waals surface area contributed by atoms with Crippen molar-refractivity contribution < 1.29 is 18.0 Å². The molecule has 0 spiro atoms. The zero-order valence-corrected chi connectivity index (χ0v) is 9.86. The van der Waals surface area contributed by atoms with E-state index in [4.69, 9.17) is 0 Å². The van der Waals surface area contributed by atoms with Crippen molar-refractivity contribution in [2.24, 2.45) is 5.92 Å². The van der Waals surface area contributed by atoms with Crippen LogP contribution in [0.15, 0.2) is 0 Å². The molecule has 0 aliphatic rings. The number of carbonyl (C=O) groups excluding carboxylic acids is 1. The molecule has 0 heterocycles. The molecule has 0 aromatic rings. The Balaban J connectivity index is 3.71. The molecular weight excluding hydrogens is 219 g/mol. The van der Waals surface area contributed by atoms with Crippen molar-refractivity contribution in [3.05, 3.63) is 0 Å². The number of amides is 1. The van der Waals surface area contributed by atoms with Gasteiger partial charge < -0.3 is 5.32 Å². The summed E-state index contributed by atoms with van der Waals surface area (Å²) < 4.78 is 35.4. The van der Waals surface area contributed by atoms with Gasteiger partial charge in [0, 0.05) is 18.9 Å². The highest BCUT2D eigenvalue weighted by molar-refractivity contribution is 5.78. The van der Waals surface area contributed by atoms with Gasteiger partial charge in [0.05, 0.1) is 0 Å². The summed E-state index contributed by atoms with van der Waals surface area (Å²) in [6.07, 6.45) is -2.57. The number of hydrogen-bond acceptors (Lipinski definition) is 1. The predicted octanol–water partition coefficient (Wildman–Crippen LogP) is 3.27. The Morgan fingerprint density at radius 2 is 1.94 bits per heavy atom. The number of nitrogens with one attached hydrogen (secondary N) is 1. The molecule has 0 aromatic carbocycles. The van der Waals surface area contributed by atoms with Gasteiger partial charge in [-0.15, -0.1) is 0 Å². The molecule has 0 aliphatic carbocycles. The normalized spacial score (nSPS) is 13.6. The van der Waals surface area contributed by atoms with E-state index in [0.29, 0.717) is 0 Å². The van der Waals surface area contributed by atoms with Gasteiger partial charge in [0.1, 0.15) is 0 Å². The third-order valence-corrected chi connectivity index (χ3v) is 2.44. The van der Waals surface area contributed by atoms with E-state index in [0.717, 1.165) is 19.3 Å². The van der Waals surface area contributed by atoms with E-state index < -0.39 is 12.6 Å². The van der Waals surface area contributed by atoms with Gasteiger partial charge in [-0.25, -0.2) is 0 Å². The van der Waals surface area contributed by atoms with Crippen LogP contribution in [-0.2, 0) is 4.79 Å². The van der Waals surface area contributed by atoms with E-state index in [1.165, 1.54) is 0 Å². The maximum atomic E-state index is 11.8. The summed E-state index contributed by atoms with van der Waals surface area (Å²) >= 11 is 0. The molecule has 96 valence electrons. The molecule has 0 aliphatic heterocycles. The Hall–Kier alpha value is -0.740. The first-order valence-electron chi connectivity index (χ1n) is 5.75. The standard InChI is InChI=1S/C11H20F3NO/c1-3-6-9(4-2)10(16)15-8-5-7-11(12,13)14/h9H,3-8H2,1-2H3,(H,15,16). The fourth-order valence-corrected chi connectivity index (χ4v) is 1.51. The van der Waals surface area contributed by atoms with E-state index >= 15 is 0 Å². The second-order valence-electron chi connectivity index (χ2n) is 3.90. The Bertz CT molecular complexity index is 204. The Labute approximate surface area is 94.6 Å². The van der Waals surface area contributed by atoms with Crippen molar-refractivity contribution >= 4 is 5.91 Å². The van der Waals surface area contributed by atoms with Crippen molar-refractivity contribution in [1.29, 1.82) is 0 Å². The molecule has 16 heavy (non-hydrogen) atoms. The minimum absolute atomic E-state index is 0.0438. The summed E-state index contributed by atoms with van der Waals surface area (Å²) in [6, 6.07) is 0. The first kappa shape index (κ1) is 15.3. The fraction of sp³-hybridized carbons (Fsp3) is 0.909. The molecule has 0 saturated carbocycles. The maximum Gasteiger partial charge on any atom is 0.389 e. The quantitative estimate of drug-likeness (QED) is 0.679. The highest BCUT2D eigenvalue weighted by Crippen LogP contribution is 2.20. The molecule has 1 amide bonds. The topological polar surface area (TPSA) is 29.1 Å². The van der Waals surface area contributed by atoms with Gasteiger partial charge >= 0.3 is 6.18 Å². The van der Waals surface area contributed by atoms with Crippen LogP contribution in [0.2, 0.25) is 0 Å². The Morgan fingerprint density at radius 3 is 2.38 bits per heavy atom. The van der Waals surface area contributed by atoms with Gasteiger partial charge in [-0.2, -0.15) is 13.2 Å². The first-order valence-corrected chi connectivity index (χ1v) is 5.75. The number of rotatable bonds is 7. The SMILES string of the molecule is CCCC(CC)C(=O)NCCCC(F)(F)F. The second kappa shape index (κ2) is 7.52. The monoisotopic (exact) mass is 239 g/mol. The van der Waals surface area contributed by atoms with Crippen LogP contribution in [0.5, 0.6) is 0 Å². The van der Waals surface area contributed by atoms with Gasteiger partial charge in [0.15, 0.2) is 0 Å². The van der Waals surface area contributed by atoms with E-state index in [9.17, 15) is 18.0 Å². The van der Waals surface area contributed by atoms with E-state index in [2.05, 4.69) is 5.32 Å². The molecule has 1 atom stereocenters. The lowest BCUT2D eigenvalue weighted by atomic mass is 10.00. The lowest BCUT2D eigenvalue weighted by molar-refractivity contribution is -0.136. The molecule has 0 aromatic heterocycles. The molecule has 0 rings (SSSR count). The van der Waals surface area contributed by atoms with Crippen molar-refractivity contribution in [1.82, 2.24) is 5.32 Å². The minimum atomic E-state index is -4.13. The van der Waals surface area contributed by atoms with Gasteiger partial charge in [-0.3, -0.25) is 4.79 Å². The molecule has 5 heteroatoms. The molecule has 1 unspecified atom stereocenters. The maximum absolute atomic E-state index is 11.8. The van der Waals surface area contributed by atoms with Crippen LogP contribution < -0.4 is 5.32 Å². The van der Waals surface area contributed by atoms with Crippen molar-refractivity contribution in [2.45, 2.75) is 52.1 Å². The van der Waals surface area contributed by atoms with Gasteiger partial charge in [-0.05, 0) is 19.3 Å².